The first-order chi connectivity index (χ1) is 7.84. The van der Waals surface area contributed by atoms with Crippen molar-refractivity contribution in [3.8, 4) is 0 Å². The topological polar surface area (TPSA) is 32.3 Å². The van der Waals surface area contributed by atoms with Gasteiger partial charge in [0.05, 0.1) is 11.8 Å². The molecule has 2 rings (SSSR count). The number of anilines is 1. The van der Waals surface area contributed by atoms with E-state index >= 15 is 0 Å². The number of aliphatic hydroxyl groups excluding tert-OH is 1. The maximum absolute atomic E-state index is 13.4. The van der Waals surface area contributed by atoms with E-state index in [1.165, 1.54) is 0 Å². The Hall–Kier alpha value is -1.23. The SMILES string of the molecule is CC1(C)C(O)CC1Nc1ccc(F)c(F)c1F. The van der Waals surface area contributed by atoms with Crippen molar-refractivity contribution in [3.63, 3.8) is 0 Å². The van der Waals surface area contributed by atoms with E-state index in [2.05, 4.69) is 5.32 Å². The lowest BCUT2D eigenvalue weighted by Gasteiger charge is -2.49. The molecule has 2 atom stereocenters. The molecule has 0 saturated heterocycles. The van der Waals surface area contributed by atoms with E-state index < -0.39 is 29.0 Å². The Kier molecular flexibility index (Phi) is 2.81. The van der Waals surface area contributed by atoms with Gasteiger partial charge in [0.25, 0.3) is 0 Å². The van der Waals surface area contributed by atoms with Gasteiger partial charge in [-0.15, -0.1) is 0 Å². The Balaban J connectivity index is 2.18. The summed E-state index contributed by atoms with van der Waals surface area (Å²) in [5.41, 5.74) is -0.481. The van der Waals surface area contributed by atoms with Crippen LogP contribution in [-0.2, 0) is 0 Å². The van der Waals surface area contributed by atoms with Crippen LogP contribution in [0.5, 0.6) is 0 Å². The van der Waals surface area contributed by atoms with Crippen LogP contribution >= 0.6 is 0 Å². The quantitative estimate of drug-likeness (QED) is 0.785. The van der Waals surface area contributed by atoms with Crippen molar-refractivity contribution < 1.29 is 18.3 Å². The fourth-order valence-corrected chi connectivity index (χ4v) is 1.97. The van der Waals surface area contributed by atoms with E-state index in [0.717, 1.165) is 12.1 Å². The Labute approximate surface area is 97.5 Å². The van der Waals surface area contributed by atoms with Crippen molar-refractivity contribution in [2.75, 3.05) is 5.32 Å². The van der Waals surface area contributed by atoms with Crippen molar-refractivity contribution in [1.82, 2.24) is 0 Å². The summed E-state index contributed by atoms with van der Waals surface area (Å²) in [5, 5.41) is 12.3. The van der Waals surface area contributed by atoms with Gasteiger partial charge in [0, 0.05) is 11.5 Å². The molecular weight excluding hydrogens is 231 g/mol. The van der Waals surface area contributed by atoms with Crippen molar-refractivity contribution in [2.45, 2.75) is 32.4 Å². The zero-order valence-corrected chi connectivity index (χ0v) is 9.60. The molecule has 0 amide bonds. The largest absolute Gasteiger partial charge is 0.392 e. The number of aliphatic hydroxyl groups is 1. The van der Waals surface area contributed by atoms with E-state index in [1.54, 1.807) is 0 Å². The molecule has 0 heterocycles. The van der Waals surface area contributed by atoms with Gasteiger partial charge in [0.2, 0.25) is 0 Å². The van der Waals surface area contributed by atoms with Crippen molar-refractivity contribution >= 4 is 5.69 Å². The Morgan fingerprint density at radius 3 is 2.41 bits per heavy atom. The number of halogens is 3. The fraction of sp³-hybridized carbons (Fsp3) is 0.500. The molecule has 1 aliphatic carbocycles. The molecule has 0 spiro atoms. The van der Waals surface area contributed by atoms with Crippen LogP contribution < -0.4 is 5.32 Å². The first-order valence-corrected chi connectivity index (χ1v) is 5.42. The summed E-state index contributed by atoms with van der Waals surface area (Å²) in [4.78, 5) is 0. The van der Waals surface area contributed by atoms with Crippen LogP contribution in [0, 0.1) is 22.9 Å². The highest BCUT2D eigenvalue weighted by Crippen LogP contribution is 2.42. The molecule has 1 aromatic carbocycles. The van der Waals surface area contributed by atoms with Crippen LogP contribution in [0.25, 0.3) is 0 Å². The van der Waals surface area contributed by atoms with Crippen molar-refractivity contribution in [1.29, 1.82) is 0 Å². The maximum atomic E-state index is 13.4. The maximum Gasteiger partial charge on any atom is 0.196 e. The van der Waals surface area contributed by atoms with Crippen LogP contribution in [0.3, 0.4) is 0 Å². The highest BCUT2D eigenvalue weighted by molar-refractivity contribution is 5.47. The first-order valence-electron chi connectivity index (χ1n) is 5.42. The van der Waals surface area contributed by atoms with Crippen LogP contribution in [0.15, 0.2) is 12.1 Å². The van der Waals surface area contributed by atoms with Gasteiger partial charge in [-0.25, -0.2) is 13.2 Å². The van der Waals surface area contributed by atoms with Crippen LogP contribution in [0.4, 0.5) is 18.9 Å². The third kappa shape index (κ3) is 1.88. The zero-order valence-electron chi connectivity index (χ0n) is 9.60. The van der Waals surface area contributed by atoms with Crippen LogP contribution in [-0.4, -0.2) is 17.3 Å². The number of rotatable bonds is 2. The second-order valence-electron chi connectivity index (χ2n) is 4.99. The summed E-state index contributed by atoms with van der Waals surface area (Å²) in [6.07, 6.45) is -0.000759. The molecule has 0 aromatic heterocycles. The molecule has 1 fully saturated rings. The van der Waals surface area contributed by atoms with Gasteiger partial charge in [-0.05, 0) is 18.6 Å². The predicted octanol–water partition coefficient (Wildman–Crippen LogP) is 2.68. The highest BCUT2D eigenvalue weighted by Gasteiger charge is 2.47. The summed E-state index contributed by atoms with van der Waals surface area (Å²) < 4.78 is 39.1. The average molecular weight is 245 g/mol. The molecular formula is C12H14F3NO. The Bertz CT molecular complexity index is 448. The number of hydrogen-bond acceptors (Lipinski definition) is 2. The number of benzene rings is 1. The minimum atomic E-state index is -1.48. The molecule has 17 heavy (non-hydrogen) atoms. The molecule has 2 N–H and O–H groups in total. The fourth-order valence-electron chi connectivity index (χ4n) is 1.97. The molecule has 2 unspecified atom stereocenters. The van der Waals surface area contributed by atoms with Crippen molar-refractivity contribution in [2.24, 2.45) is 5.41 Å². The Morgan fingerprint density at radius 2 is 1.88 bits per heavy atom. The number of hydrogen-bond donors (Lipinski definition) is 2. The average Bonchev–Trinajstić information content (AvgIpc) is 2.29. The molecule has 0 aliphatic heterocycles. The van der Waals surface area contributed by atoms with Gasteiger partial charge in [0.15, 0.2) is 17.5 Å². The summed E-state index contributed by atoms with van der Waals surface area (Å²) >= 11 is 0. The van der Waals surface area contributed by atoms with Gasteiger partial charge in [0.1, 0.15) is 0 Å². The summed E-state index contributed by atoms with van der Waals surface area (Å²) in [5.74, 6) is -3.91. The third-order valence-electron chi connectivity index (χ3n) is 3.58. The van der Waals surface area contributed by atoms with E-state index in [0.29, 0.717) is 6.42 Å². The normalized spacial score (nSPS) is 26.5. The summed E-state index contributed by atoms with van der Waals surface area (Å²) in [7, 11) is 0. The lowest BCUT2D eigenvalue weighted by atomic mass is 9.64. The molecule has 1 aliphatic rings. The van der Waals surface area contributed by atoms with E-state index in [4.69, 9.17) is 0 Å². The predicted molar refractivity (Wildman–Crippen MR) is 58.1 cm³/mol. The smallest absolute Gasteiger partial charge is 0.196 e. The second-order valence-corrected chi connectivity index (χ2v) is 4.99. The zero-order chi connectivity index (χ0) is 12.8. The molecule has 5 heteroatoms. The monoisotopic (exact) mass is 245 g/mol. The minimum absolute atomic E-state index is 0.0751. The second kappa shape index (κ2) is 3.91. The molecule has 94 valence electrons. The van der Waals surface area contributed by atoms with E-state index in [9.17, 15) is 18.3 Å². The van der Waals surface area contributed by atoms with E-state index in [-0.39, 0.29) is 11.7 Å². The molecule has 0 radical (unpaired) electrons. The molecule has 1 saturated carbocycles. The van der Waals surface area contributed by atoms with Gasteiger partial charge < -0.3 is 10.4 Å². The lowest BCUT2D eigenvalue weighted by molar-refractivity contribution is -0.0511. The third-order valence-corrected chi connectivity index (χ3v) is 3.58. The number of nitrogens with one attached hydrogen (secondary N) is 1. The van der Waals surface area contributed by atoms with Gasteiger partial charge in [-0.2, -0.15) is 0 Å². The highest BCUT2D eigenvalue weighted by atomic mass is 19.2. The molecule has 1 aromatic rings. The summed E-state index contributed by atoms with van der Waals surface area (Å²) in [6.45, 7) is 3.66. The van der Waals surface area contributed by atoms with Gasteiger partial charge in [-0.3, -0.25) is 0 Å². The van der Waals surface area contributed by atoms with Gasteiger partial charge >= 0.3 is 0 Å². The Morgan fingerprint density at radius 1 is 1.24 bits per heavy atom. The molecule has 0 bridgehead atoms. The van der Waals surface area contributed by atoms with Gasteiger partial charge in [-0.1, -0.05) is 13.8 Å². The summed E-state index contributed by atoms with van der Waals surface area (Å²) in [6, 6.07) is 1.88. The lowest BCUT2D eigenvalue weighted by Crippen LogP contribution is -2.57. The van der Waals surface area contributed by atoms with Crippen molar-refractivity contribution in [3.05, 3.63) is 29.6 Å². The van der Waals surface area contributed by atoms with Crippen LogP contribution in [0.2, 0.25) is 0 Å². The first kappa shape index (κ1) is 12.2. The van der Waals surface area contributed by atoms with E-state index in [1.807, 2.05) is 13.8 Å². The molecule has 2 nitrogen and oxygen atoms in total. The van der Waals surface area contributed by atoms with Crippen LogP contribution in [0.1, 0.15) is 20.3 Å². The minimum Gasteiger partial charge on any atom is -0.392 e. The standard InChI is InChI=1S/C12H14F3NO/c1-12(2)8(5-9(12)17)16-7-4-3-6(13)10(14)11(7)15/h3-4,8-9,16-17H,5H2,1-2H3.